The predicted octanol–water partition coefficient (Wildman–Crippen LogP) is 4.73. The van der Waals surface area contributed by atoms with Gasteiger partial charge < -0.3 is 10.0 Å². The van der Waals surface area contributed by atoms with E-state index in [2.05, 4.69) is 17.6 Å². The van der Waals surface area contributed by atoms with E-state index in [9.17, 15) is 14.3 Å². The van der Waals surface area contributed by atoms with Crippen LogP contribution in [0, 0.1) is 11.3 Å². The molecule has 0 atom stereocenters. The Bertz CT molecular complexity index is 1260. The first-order chi connectivity index (χ1) is 16.1. The number of hydrogen-bond donors (Lipinski definition) is 1. The average Bonchev–Trinajstić information content (AvgIpc) is 3.20. The molecule has 1 fully saturated rings. The van der Waals surface area contributed by atoms with Crippen LogP contribution in [-0.4, -0.2) is 49.8 Å². The van der Waals surface area contributed by atoms with Crippen molar-refractivity contribution in [2.24, 2.45) is 0 Å². The molecule has 176 valence electrons. The summed E-state index contributed by atoms with van der Waals surface area (Å²) in [6, 6.07) is 13.2. The average molecular weight is 461 g/mol. The summed E-state index contributed by atoms with van der Waals surface area (Å²) in [5.74, 6) is -0.162. The number of hydrogen-bond acceptors (Lipinski definition) is 4. The van der Waals surface area contributed by atoms with Crippen LogP contribution in [0.5, 0.6) is 0 Å². The number of nitriles is 1. The summed E-state index contributed by atoms with van der Waals surface area (Å²) in [6.45, 7) is 7.79. The van der Waals surface area contributed by atoms with Crippen LogP contribution in [0.3, 0.4) is 0 Å². The number of likely N-dealkylation sites (tertiary alicyclic amines) is 1. The predicted molar refractivity (Wildman–Crippen MR) is 130 cm³/mol. The van der Waals surface area contributed by atoms with Gasteiger partial charge in [-0.2, -0.15) is 5.26 Å². The lowest BCUT2D eigenvalue weighted by Gasteiger charge is -2.34. The third-order valence-corrected chi connectivity index (χ3v) is 6.46. The molecule has 7 heteroatoms. The molecule has 0 aliphatic carbocycles. The summed E-state index contributed by atoms with van der Waals surface area (Å²) in [5, 5.41) is 20.2. The van der Waals surface area contributed by atoms with Gasteiger partial charge >= 0.3 is 0 Å². The zero-order valence-electron chi connectivity index (χ0n) is 19.6. The number of pyridine rings is 1. The maximum absolute atomic E-state index is 14.5. The number of rotatable bonds is 6. The highest BCUT2D eigenvalue weighted by Crippen LogP contribution is 2.30. The van der Waals surface area contributed by atoms with E-state index < -0.39 is 11.3 Å². The molecule has 6 nitrogen and oxygen atoms in total. The first-order valence-corrected chi connectivity index (χ1v) is 11.5. The fourth-order valence-electron chi connectivity index (χ4n) is 4.32. The molecule has 0 bridgehead atoms. The molecule has 2 aromatic heterocycles. The van der Waals surface area contributed by atoms with Crippen molar-refractivity contribution in [3.05, 3.63) is 72.1 Å². The second-order valence-corrected chi connectivity index (χ2v) is 9.61. The van der Waals surface area contributed by atoms with Crippen molar-refractivity contribution in [2.45, 2.75) is 50.8 Å². The van der Waals surface area contributed by atoms with Crippen molar-refractivity contribution in [3.8, 4) is 11.8 Å². The van der Waals surface area contributed by atoms with E-state index >= 15 is 0 Å². The number of aromatic nitrogens is 2. The summed E-state index contributed by atoms with van der Waals surface area (Å²) in [4.78, 5) is 19.4. The number of allylic oxidation sites excluding steroid dienone is 1. The molecule has 1 N–H and O–H groups in total. The van der Waals surface area contributed by atoms with Gasteiger partial charge in [-0.1, -0.05) is 12.7 Å². The topological polar surface area (TPSA) is 82.2 Å². The van der Waals surface area contributed by atoms with Gasteiger partial charge in [0.05, 0.1) is 22.8 Å². The van der Waals surface area contributed by atoms with Crippen molar-refractivity contribution < 1.29 is 14.3 Å². The van der Waals surface area contributed by atoms with Crippen LogP contribution in [0.15, 0.2) is 55.3 Å². The van der Waals surface area contributed by atoms with Gasteiger partial charge in [0.25, 0.3) is 5.91 Å². The van der Waals surface area contributed by atoms with Crippen molar-refractivity contribution in [1.29, 1.82) is 5.26 Å². The smallest absolute Gasteiger partial charge is 0.255 e. The first-order valence-electron chi connectivity index (χ1n) is 11.5. The summed E-state index contributed by atoms with van der Waals surface area (Å²) in [5.41, 5.74) is 1.28. The molecule has 0 radical (unpaired) electrons. The molecule has 1 saturated heterocycles. The number of alkyl halides is 1. The molecular formula is C27H29FN4O2. The number of piperidine rings is 1. The molecule has 4 rings (SSSR count). The molecule has 1 aliphatic heterocycles. The fourth-order valence-corrected chi connectivity index (χ4v) is 4.32. The zero-order chi connectivity index (χ0) is 24.5. The molecule has 1 aliphatic rings. The lowest BCUT2D eigenvalue weighted by atomic mass is 9.93. The summed E-state index contributed by atoms with van der Waals surface area (Å²) in [7, 11) is 0. The number of halogens is 1. The Morgan fingerprint density at radius 2 is 1.97 bits per heavy atom. The Morgan fingerprint density at radius 3 is 2.56 bits per heavy atom. The minimum Gasteiger partial charge on any atom is -0.390 e. The summed E-state index contributed by atoms with van der Waals surface area (Å²) >= 11 is 0. The Balaban J connectivity index is 1.69. The highest BCUT2D eigenvalue weighted by atomic mass is 19.1. The van der Waals surface area contributed by atoms with E-state index in [1.165, 1.54) is 6.08 Å². The Kier molecular flexibility index (Phi) is 6.28. The minimum absolute atomic E-state index is 0.162. The van der Waals surface area contributed by atoms with Gasteiger partial charge in [0.1, 0.15) is 11.3 Å². The Hall–Kier alpha value is -3.50. The third-order valence-electron chi connectivity index (χ3n) is 6.46. The lowest BCUT2D eigenvalue weighted by molar-refractivity contribution is 0.0574. The van der Waals surface area contributed by atoms with Gasteiger partial charge in [-0.05, 0) is 63.1 Å². The standard InChI is InChI=1S/C27H29FN4O2/c1-4-27(28)11-13-31(14-12-27)25(33)21-15-20-16-23(9-10-26(2,3)34)32(24(20)30-18-21)22-7-5-19(17-29)6-8-22/h4-8,15-16,18,34H,1,9-14H2,2-3H3. The number of nitrogens with zero attached hydrogens (tertiary/aromatic N) is 4. The van der Waals surface area contributed by atoms with Gasteiger partial charge in [0.15, 0.2) is 0 Å². The van der Waals surface area contributed by atoms with Crippen molar-refractivity contribution in [3.63, 3.8) is 0 Å². The van der Waals surface area contributed by atoms with Gasteiger partial charge in [0.2, 0.25) is 0 Å². The quantitative estimate of drug-likeness (QED) is 0.539. The van der Waals surface area contributed by atoms with E-state index in [-0.39, 0.29) is 18.7 Å². The van der Waals surface area contributed by atoms with Gasteiger partial charge in [-0.15, -0.1) is 0 Å². The van der Waals surface area contributed by atoms with Crippen LogP contribution in [0.4, 0.5) is 4.39 Å². The molecule has 34 heavy (non-hydrogen) atoms. The Morgan fingerprint density at radius 1 is 1.29 bits per heavy atom. The maximum Gasteiger partial charge on any atom is 0.255 e. The number of aliphatic hydroxyl groups is 1. The molecular weight excluding hydrogens is 431 g/mol. The van der Waals surface area contributed by atoms with Gasteiger partial charge in [-0.3, -0.25) is 9.36 Å². The van der Waals surface area contributed by atoms with Crippen LogP contribution < -0.4 is 0 Å². The normalized spacial score (nSPS) is 15.8. The highest BCUT2D eigenvalue weighted by molar-refractivity contribution is 5.97. The van der Waals surface area contributed by atoms with Crippen LogP contribution >= 0.6 is 0 Å². The zero-order valence-corrected chi connectivity index (χ0v) is 19.6. The number of fused-ring (bicyclic) bond motifs is 1. The minimum atomic E-state index is -1.41. The van der Waals surface area contributed by atoms with Crippen LogP contribution in [0.25, 0.3) is 16.7 Å². The molecule has 0 spiro atoms. The molecule has 0 saturated carbocycles. The Labute approximate surface area is 198 Å². The van der Waals surface area contributed by atoms with Crippen molar-refractivity contribution >= 4 is 16.9 Å². The van der Waals surface area contributed by atoms with Crippen molar-refractivity contribution in [1.82, 2.24) is 14.5 Å². The molecule has 1 aromatic carbocycles. The van der Waals surface area contributed by atoms with E-state index in [1.54, 1.807) is 37.1 Å². The van der Waals surface area contributed by atoms with E-state index in [1.807, 2.05) is 28.8 Å². The molecule has 1 amide bonds. The first kappa shape index (κ1) is 23.7. The van der Waals surface area contributed by atoms with E-state index in [4.69, 9.17) is 5.26 Å². The third kappa shape index (κ3) is 4.87. The number of carbonyl (C=O) groups excluding carboxylic acids is 1. The van der Waals surface area contributed by atoms with Crippen LogP contribution in [0.1, 0.15) is 54.7 Å². The largest absolute Gasteiger partial charge is 0.390 e. The number of aryl methyl sites for hydroxylation is 1. The number of carbonyl (C=O) groups is 1. The van der Waals surface area contributed by atoms with E-state index in [0.717, 1.165) is 16.8 Å². The van der Waals surface area contributed by atoms with E-state index in [0.29, 0.717) is 42.7 Å². The van der Waals surface area contributed by atoms with Gasteiger partial charge in [-0.25, -0.2) is 9.37 Å². The van der Waals surface area contributed by atoms with Crippen molar-refractivity contribution in [2.75, 3.05) is 13.1 Å². The number of amides is 1. The SMILES string of the molecule is C=CC1(F)CCN(C(=O)c2cnc3c(c2)cc(CCC(C)(C)O)n3-c2ccc(C#N)cc2)CC1. The summed E-state index contributed by atoms with van der Waals surface area (Å²) in [6.07, 6.45) is 4.55. The monoisotopic (exact) mass is 460 g/mol. The highest BCUT2D eigenvalue weighted by Gasteiger charge is 2.33. The molecule has 3 aromatic rings. The van der Waals surface area contributed by atoms with Crippen LogP contribution in [-0.2, 0) is 6.42 Å². The van der Waals surface area contributed by atoms with Gasteiger partial charge in [0, 0.05) is 48.9 Å². The lowest BCUT2D eigenvalue weighted by Crippen LogP contribution is -2.43. The second kappa shape index (κ2) is 9.03. The number of benzene rings is 1. The second-order valence-electron chi connectivity index (χ2n) is 9.61. The molecule has 0 unspecified atom stereocenters. The molecule has 3 heterocycles. The van der Waals surface area contributed by atoms with Crippen LogP contribution in [0.2, 0.25) is 0 Å². The summed E-state index contributed by atoms with van der Waals surface area (Å²) < 4.78 is 16.5. The fraction of sp³-hybridized carbons (Fsp3) is 0.370. The maximum atomic E-state index is 14.5.